The highest BCUT2D eigenvalue weighted by Crippen LogP contribution is 2.15. The first kappa shape index (κ1) is 16.0. The monoisotopic (exact) mass is 298 g/mol. The number of likely N-dealkylation sites (tertiary alicyclic amines) is 1. The van der Waals surface area contributed by atoms with E-state index in [0.29, 0.717) is 26.2 Å². The van der Waals surface area contributed by atoms with Crippen LogP contribution < -0.4 is 10.7 Å². The van der Waals surface area contributed by atoms with Crippen LogP contribution in [0, 0.1) is 0 Å². The Labute approximate surface area is 125 Å². The molecule has 0 saturated carbocycles. The second-order valence-electron chi connectivity index (χ2n) is 6.59. The second kappa shape index (κ2) is 6.62. The van der Waals surface area contributed by atoms with E-state index in [1.807, 2.05) is 20.8 Å². The first-order valence-corrected chi connectivity index (χ1v) is 7.60. The van der Waals surface area contributed by atoms with E-state index < -0.39 is 5.60 Å². The van der Waals surface area contributed by atoms with Crippen LogP contribution in [0.3, 0.4) is 0 Å². The van der Waals surface area contributed by atoms with E-state index in [4.69, 9.17) is 4.74 Å². The number of carbonyl (C=O) groups excluding carboxylic acids is 2. The summed E-state index contributed by atoms with van der Waals surface area (Å²) in [6.45, 7) is 8.82. The molecule has 2 aliphatic heterocycles. The van der Waals surface area contributed by atoms with Crippen molar-refractivity contribution >= 4 is 12.0 Å². The number of rotatable bonds is 2. The van der Waals surface area contributed by atoms with Crippen molar-refractivity contribution in [3.05, 3.63) is 0 Å². The van der Waals surface area contributed by atoms with Crippen molar-refractivity contribution in [3.8, 4) is 0 Å². The molecule has 2 N–H and O–H groups in total. The smallest absolute Gasteiger partial charge is 0.410 e. The van der Waals surface area contributed by atoms with Gasteiger partial charge in [-0.05, 0) is 33.6 Å². The third kappa shape index (κ3) is 4.86. The lowest BCUT2D eigenvalue weighted by Gasteiger charge is -2.37. The zero-order chi connectivity index (χ0) is 15.5. The number of hydrogen-bond acceptors (Lipinski definition) is 5. The molecule has 0 aliphatic carbocycles. The van der Waals surface area contributed by atoms with E-state index in [1.54, 1.807) is 9.91 Å². The molecule has 0 aromatic carbocycles. The predicted molar refractivity (Wildman–Crippen MR) is 78.5 cm³/mol. The first-order chi connectivity index (χ1) is 9.85. The molecule has 120 valence electrons. The Morgan fingerprint density at radius 3 is 2.52 bits per heavy atom. The van der Waals surface area contributed by atoms with Crippen LogP contribution in [0.5, 0.6) is 0 Å². The third-order valence-corrected chi connectivity index (χ3v) is 3.57. The van der Waals surface area contributed by atoms with Crippen molar-refractivity contribution in [2.45, 2.75) is 45.3 Å². The lowest BCUT2D eigenvalue weighted by molar-refractivity contribution is -0.136. The Kier molecular flexibility index (Phi) is 5.05. The van der Waals surface area contributed by atoms with Gasteiger partial charge in [-0.3, -0.25) is 9.80 Å². The van der Waals surface area contributed by atoms with Crippen molar-refractivity contribution in [1.82, 2.24) is 20.7 Å². The molecule has 0 spiro atoms. The standard InChI is InChI=1S/C14H26N4O3/c1-14(2,3)21-13(20)17-7-4-11(5-8-17)16-18-9-6-15-10-12(18)19/h11,15-16H,4-10H2,1-3H3. The second-order valence-corrected chi connectivity index (χ2v) is 6.59. The van der Waals surface area contributed by atoms with Gasteiger partial charge in [0.05, 0.1) is 6.54 Å². The molecule has 2 aliphatic rings. The minimum absolute atomic E-state index is 0.0795. The SMILES string of the molecule is CC(C)(C)OC(=O)N1CCC(NN2CCNCC2=O)CC1. The zero-order valence-electron chi connectivity index (χ0n) is 13.1. The van der Waals surface area contributed by atoms with E-state index >= 15 is 0 Å². The lowest BCUT2D eigenvalue weighted by Crippen LogP contribution is -2.58. The first-order valence-electron chi connectivity index (χ1n) is 7.60. The largest absolute Gasteiger partial charge is 0.444 e. The molecular formula is C14H26N4O3. The number of amides is 2. The van der Waals surface area contributed by atoms with Gasteiger partial charge in [0.15, 0.2) is 0 Å². The van der Waals surface area contributed by atoms with Crippen LogP contribution in [0.1, 0.15) is 33.6 Å². The Hall–Kier alpha value is -1.34. The fraction of sp³-hybridized carbons (Fsp3) is 0.857. The van der Waals surface area contributed by atoms with Crippen molar-refractivity contribution in [3.63, 3.8) is 0 Å². The van der Waals surface area contributed by atoms with Crippen LogP contribution in [-0.4, -0.2) is 66.3 Å². The average molecular weight is 298 g/mol. The van der Waals surface area contributed by atoms with Gasteiger partial charge in [0, 0.05) is 32.2 Å². The van der Waals surface area contributed by atoms with E-state index in [9.17, 15) is 9.59 Å². The summed E-state index contributed by atoms with van der Waals surface area (Å²) in [5, 5.41) is 4.74. The van der Waals surface area contributed by atoms with Gasteiger partial charge in [0.25, 0.3) is 5.91 Å². The molecule has 0 aromatic rings. The van der Waals surface area contributed by atoms with Gasteiger partial charge in [0.1, 0.15) is 5.60 Å². The minimum Gasteiger partial charge on any atom is -0.444 e. The van der Waals surface area contributed by atoms with E-state index in [0.717, 1.165) is 19.4 Å². The summed E-state index contributed by atoms with van der Waals surface area (Å²) in [6.07, 6.45) is 1.41. The van der Waals surface area contributed by atoms with Gasteiger partial charge < -0.3 is 15.0 Å². The van der Waals surface area contributed by atoms with E-state index in [-0.39, 0.29) is 18.0 Å². The van der Waals surface area contributed by atoms with Crippen molar-refractivity contribution in [1.29, 1.82) is 0 Å². The molecule has 7 nitrogen and oxygen atoms in total. The van der Waals surface area contributed by atoms with Gasteiger partial charge >= 0.3 is 6.09 Å². The van der Waals surface area contributed by atoms with Crippen LogP contribution in [-0.2, 0) is 9.53 Å². The molecule has 2 heterocycles. The quantitative estimate of drug-likeness (QED) is 0.768. The molecule has 2 saturated heterocycles. The number of piperidine rings is 1. The molecule has 0 radical (unpaired) electrons. The number of piperazine rings is 1. The zero-order valence-corrected chi connectivity index (χ0v) is 13.1. The Balaban J connectivity index is 1.75. The highest BCUT2D eigenvalue weighted by Gasteiger charge is 2.28. The molecule has 0 aromatic heterocycles. The third-order valence-electron chi connectivity index (χ3n) is 3.57. The van der Waals surface area contributed by atoms with Crippen LogP contribution in [0.25, 0.3) is 0 Å². The average Bonchev–Trinajstić information content (AvgIpc) is 2.40. The highest BCUT2D eigenvalue weighted by molar-refractivity contribution is 5.78. The molecule has 2 rings (SSSR count). The molecule has 0 unspecified atom stereocenters. The van der Waals surface area contributed by atoms with Crippen LogP contribution in [0.15, 0.2) is 0 Å². The summed E-state index contributed by atoms with van der Waals surface area (Å²) in [7, 11) is 0. The van der Waals surface area contributed by atoms with Crippen LogP contribution in [0.2, 0.25) is 0 Å². The van der Waals surface area contributed by atoms with Gasteiger partial charge in [-0.25, -0.2) is 10.2 Å². The Morgan fingerprint density at radius 2 is 1.95 bits per heavy atom. The topological polar surface area (TPSA) is 73.9 Å². The molecule has 2 fully saturated rings. The maximum Gasteiger partial charge on any atom is 0.410 e. The number of ether oxygens (including phenoxy) is 1. The summed E-state index contributed by atoms with van der Waals surface area (Å²) < 4.78 is 5.37. The highest BCUT2D eigenvalue weighted by atomic mass is 16.6. The van der Waals surface area contributed by atoms with Crippen molar-refractivity contribution < 1.29 is 14.3 Å². The van der Waals surface area contributed by atoms with Gasteiger partial charge in [0.2, 0.25) is 0 Å². The summed E-state index contributed by atoms with van der Waals surface area (Å²) in [4.78, 5) is 25.4. The molecule has 0 bridgehead atoms. The maximum absolute atomic E-state index is 12.0. The lowest BCUT2D eigenvalue weighted by atomic mass is 10.1. The summed E-state index contributed by atoms with van der Waals surface area (Å²) in [5.41, 5.74) is 2.82. The Morgan fingerprint density at radius 1 is 1.29 bits per heavy atom. The minimum atomic E-state index is -0.459. The maximum atomic E-state index is 12.0. The molecular weight excluding hydrogens is 272 g/mol. The van der Waals surface area contributed by atoms with Crippen molar-refractivity contribution in [2.75, 3.05) is 32.7 Å². The van der Waals surface area contributed by atoms with Gasteiger partial charge in [-0.2, -0.15) is 0 Å². The normalized spacial score (nSPS) is 21.6. The van der Waals surface area contributed by atoms with Crippen LogP contribution >= 0.6 is 0 Å². The van der Waals surface area contributed by atoms with E-state index in [1.165, 1.54) is 0 Å². The van der Waals surface area contributed by atoms with Crippen LogP contribution in [0.4, 0.5) is 4.79 Å². The summed E-state index contributed by atoms with van der Waals surface area (Å²) >= 11 is 0. The molecule has 21 heavy (non-hydrogen) atoms. The summed E-state index contributed by atoms with van der Waals surface area (Å²) in [6, 6.07) is 0.241. The molecule has 7 heteroatoms. The number of hydrazine groups is 1. The fourth-order valence-corrected chi connectivity index (χ4v) is 2.48. The van der Waals surface area contributed by atoms with E-state index in [2.05, 4.69) is 10.7 Å². The Bertz CT molecular complexity index is 386. The van der Waals surface area contributed by atoms with Crippen molar-refractivity contribution in [2.24, 2.45) is 0 Å². The van der Waals surface area contributed by atoms with Gasteiger partial charge in [-0.1, -0.05) is 0 Å². The van der Waals surface area contributed by atoms with Gasteiger partial charge in [-0.15, -0.1) is 0 Å². The number of nitrogens with zero attached hydrogens (tertiary/aromatic N) is 2. The fourth-order valence-electron chi connectivity index (χ4n) is 2.48. The predicted octanol–water partition coefficient (Wildman–Crippen LogP) is 0.322. The number of nitrogens with one attached hydrogen (secondary N) is 2. The number of carbonyl (C=O) groups is 2. The molecule has 0 atom stereocenters. The summed E-state index contributed by atoms with van der Waals surface area (Å²) in [5.74, 6) is 0.0795. The number of hydrogen-bond donors (Lipinski definition) is 2. The molecule has 2 amide bonds.